The van der Waals surface area contributed by atoms with E-state index in [0.29, 0.717) is 11.4 Å². The Morgan fingerprint density at radius 3 is 2.77 bits per heavy atom. The summed E-state index contributed by atoms with van der Waals surface area (Å²) in [6, 6.07) is 0. The zero-order chi connectivity index (χ0) is 10.0. The summed E-state index contributed by atoms with van der Waals surface area (Å²) >= 11 is 0. The van der Waals surface area contributed by atoms with Gasteiger partial charge in [0.2, 0.25) is 5.95 Å². The first kappa shape index (κ1) is 9.57. The molecule has 5 heteroatoms. The highest BCUT2D eigenvalue weighted by Gasteiger charge is 2.08. The molecule has 0 aromatic carbocycles. The lowest BCUT2D eigenvalue weighted by molar-refractivity contribution is 0.914. The minimum Gasteiger partial charge on any atom is -0.369 e. The number of anilines is 2. The zero-order valence-electron chi connectivity index (χ0n) is 8.09. The maximum atomic E-state index is 11.3. The quantitative estimate of drug-likeness (QED) is 0.681. The molecule has 0 spiro atoms. The number of nitrogens with one attached hydrogen (secondary N) is 1. The van der Waals surface area contributed by atoms with Crippen LogP contribution in [0.1, 0.15) is 12.5 Å². The van der Waals surface area contributed by atoms with Crippen LogP contribution in [0.4, 0.5) is 11.8 Å². The van der Waals surface area contributed by atoms with Gasteiger partial charge >= 0.3 is 0 Å². The second-order valence-corrected chi connectivity index (χ2v) is 2.91. The Kier molecular flexibility index (Phi) is 2.55. The van der Waals surface area contributed by atoms with E-state index in [1.54, 1.807) is 6.92 Å². The fourth-order valence-corrected chi connectivity index (χ4v) is 1.06. The van der Waals surface area contributed by atoms with Crippen molar-refractivity contribution in [1.82, 2.24) is 9.97 Å². The molecule has 1 aromatic heterocycles. The molecule has 0 aliphatic rings. The van der Waals surface area contributed by atoms with Gasteiger partial charge in [-0.3, -0.25) is 9.78 Å². The van der Waals surface area contributed by atoms with Crippen LogP contribution in [0.5, 0.6) is 0 Å². The molecule has 0 saturated heterocycles. The van der Waals surface area contributed by atoms with E-state index in [1.807, 2.05) is 18.9 Å². The second-order valence-electron chi connectivity index (χ2n) is 2.91. The van der Waals surface area contributed by atoms with Gasteiger partial charge in [0.15, 0.2) is 0 Å². The lowest BCUT2D eigenvalue weighted by Crippen LogP contribution is -2.24. The molecule has 72 valence electrons. The zero-order valence-corrected chi connectivity index (χ0v) is 8.09. The third-order valence-corrected chi connectivity index (χ3v) is 1.98. The van der Waals surface area contributed by atoms with E-state index in [0.717, 1.165) is 6.54 Å². The van der Waals surface area contributed by atoms with Gasteiger partial charge in [-0.25, -0.2) is 0 Å². The maximum Gasteiger partial charge on any atom is 0.257 e. The summed E-state index contributed by atoms with van der Waals surface area (Å²) in [6.45, 7) is 4.50. The molecule has 0 fully saturated rings. The molecule has 0 amide bonds. The highest BCUT2D eigenvalue weighted by Crippen LogP contribution is 2.11. The van der Waals surface area contributed by atoms with Gasteiger partial charge in [-0.1, -0.05) is 0 Å². The molecule has 1 heterocycles. The van der Waals surface area contributed by atoms with Crippen molar-refractivity contribution in [1.29, 1.82) is 0 Å². The number of aromatic amines is 1. The summed E-state index contributed by atoms with van der Waals surface area (Å²) in [5.41, 5.74) is 5.85. The van der Waals surface area contributed by atoms with Crippen LogP contribution >= 0.6 is 0 Å². The van der Waals surface area contributed by atoms with Crippen LogP contribution in [0.3, 0.4) is 0 Å². The predicted octanol–water partition coefficient (Wildman–Crippen LogP) is 0.117. The van der Waals surface area contributed by atoms with E-state index in [-0.39, 0.29) is 11.5 Å². The Morgan fingerprint density at radius 1 is 1.62 bits per heavy atom. The number of nitrogen functional groups attached to an aromatic ring is 1. The molecular formula is C8H14N4O. The molecule has 0 unspecified atom stereocenters. The van der Waals surface area contributed by atoms with Crippen molar-refractivity contribution in [3.63, 3.8) is 0 Å². The van der Waals surface area contributed by atoms with Gasteiger partial charge < -0.3 is 10.6 Å². The molecule has 0 atom stereocenters. The molecule has 0 aliphatic heterocycles. The molecule has 1 rings (SSSR count). The normalized spacial score (nSPS) is 10.1. The van der Waals surface area contributed by atoms with Gasteiger partial charge in [-0.15, -0.1) is 0 Å². The highest BCUT2D eigenvalue weighted by molar-refractivity contribution is 5.46. The van der Waals surface area contributed by atoms with Crippen molar-refractivity contribution >= 4 is 11.8 Å². The van der Waals surface area contributed by atoms with E-state index < -0.39 is 0 Å². The summed E-state index contributed by atoms with van der Waals surface area (Å²) in [6.07, 6.45) is 0. The van der Waals surface area contributed by atoms with E-state index in [2.05, 4.69) is 9.97 Å². The van der Waals surface area contributed by atoms with Crippen LogP contribution < -0.4 is 16.2 Å². The molecule has 0 aliphatic carbocycles. The molecule has 5 nitrogen and oxygen atoms in total. The predicted molar refractivity (Wildman–Crippen MR) is 53.0 cm³/mol. The van der Waals surface area contributed by atoms with Gasteiger partial charge in [0.05, 0.1) is 5.56 Å². The van der Waals surface area contributed by atoms with Crippen LogP contribution in [0.15, 0.2) is 4.79 Å². The highest BCUT2D eigenvalue weighted by atomic mass is 16.1. The number of nitrogens with zero attached hydrogens (tertiary/aromatic N) is 2. The van der Waals surface area contributed by atoms with Gasteiger partial charge in [0.1, 0.15) is 5.82 Å². The van der Waals surface area contributed by atoms with E-state index in [1.165, 1.54) is 0 Å². The lowest BCUT2D eigenvalue weighted by Gasteiger charge is -2.17. The van der Waals surface area contributed by atoms with Gasteiger partial charge in [0.25, 0.3) is 5.56 Å². The fraction of sp³-hybridized carbons (Fsp3) is 0.500. The van der Waals surface area contributed by atoms with Crippen LogP contribution in [-0.2, 0) is 0 Å². The smallest absolute Gasteiger partial charge is 0.257 e. The molecule has 13 heavy (non-hydrogen) atoms. The lowest BCUT2D eigenvalue weighted by atomic mass is 10.3. The minimum absolute atomic E-state index is 0.158. The van der Waals surface area contributed by atoms with Crippen LogP contribution in [0, 0.1) is 6.92 Å². The summed E-state index contributed by atoms with van der Waals surface area (Å²) in [5, 5.41) is 0. The first-order valence-electron chi connectivity index (χ1n) is 4.13. The fourth-order valence-electron chi connectivity index (χ4n) is 1.06. The summed E-state index contributed by atoms with van der Waals surface area (Å²) in [7, 11) is 1.87. The Hall–Kier alpha value is -1.52. The number of nitrogens with two attached hydrogens (primary N) is 1. The Balaban J connectivity index is 3.28. The first-order valence-corrected chi connectivity index (χ1v) is 4.13. The third-order valence-electron chi connectivity index (χ3n) is 1.98. The summed E-state index contributed by atoms with van der Waals surface area (Å²) in [4.78, 5) is 19.6. The largest absolute Gasteiger partial charge is 0.369 e. The van der Waals surface area contributed by atoms with E-state index >= 15 is 0 Å². The maximum absolute atomic E-state index is 11.3. The van der Waals surface area contributed by atoms with Gasteiger partial charge in [-0.2, -0.15) is 4.98 Å². The van der Waals surface area contributed by atoms with Crippen LogP contribution in [-0.4, -0.2) is 23.6 Å². The minimum atomic E-state index is -0.178. The number of aromatic nitrogens is 2. The molecule has 3 N–H and O–H groups in total. The van der Waals surface area contributed by atoms with Crippen molar-refractivity contribution in [2.45, 2.75) is 13.8 Å². The number of H-pyrrole nitrogens is 1. The topological polar surface area (TPSA) is 75.0 Å². The van der Waals surface area contributed by atoms with Crippen molar-refractivity contribution in [3.8, 4) is 0 Å². The summed E-state index contributed by atoms with van der Waals surface area (Å²) in [5.74, 6) is 0.801. The van der Waals surface area contributed by atoms with Gasteiger partial charge in [-0.05, 0) is 13.8 Å². The SMILES string of the molecule is CCN(C)c1nc(N)[nH]c(=O)c1C. The Labute approximate surface area is 76.6 Å². The number of hydrogen-bond acceptors (Lipinski definition) is 4. The Bertz CT molecular complexity index is 358. The van der Waals surface area contributed by atoms with E-state index in [4.69, 9.17) is 5.73 Å². The average Bonchev–Trinajstić information content (AvgIpc) is 2.10. The van der Waals surface area contributed by atoms with E-state index in [9.17, 15) is 4.79 Å². The third kappa shape index (κ3) is 1.80. The molecule has 0 saturated carbocycles. The monoisotopic (exact) mass is 182 g/mol. The Morgan fingerprint density at radius 2 is 2.23 bits per heavy atom. The average molecular weight is 182 g/mol. The molecular weight excluding hydrogens is 168 g/mol. The van der Waals surface area contributed by atoms with Gasteiger partial charge in [0, 0.05) is 13.6 Å². The van der Waals surface area contributed by atoms with Crippen molar-refractivity contribution in [2.75, 3.05) is 24.2 Å². The van der Waals surface area contributed by atoms with Crippen molar-refractivity contribution in [3.05, 3.63) is 15.9 Å². The van der Waals surface area contributed by atoms with Crippen LogP contribution in [0.2, 0.25) is 0 Å². The first-order chi connectivity index (χ1) is 6.06. The van der Waals surface area contributed by atoms with Crippen molar-refractivity contribution in [2.24, 2.45) is 0 Å². The second kappa shape index (κ2) is 3.47. The van der Waals surface area contributed by atoms with Crippen LogP contribution in [0.25, 0.3) is 0 Å². The number of rotatable bonds is 2. The molecule has 0 radical (unpaired) electrons. The molecule has 1 aromatic rings. The van der Waals surface area contributed by atoms with Crippen molar-refractivity contribution < 1.29 is 0 Å². The number of hydrogen-bond donors (Lipinski definition) is 2. The molecule has 0 bridgehead atoms. The standard InChI is InChI=1S/C8H14N4O/c1-4-12(3)6-5(2)7(13)11-8(9)10-6/h4H2,1-3H3,(H3,9,10,11,13). The summed E-state index contributed by atoms with van der Waals surface area (Å²) < 4.78 is 0.